The third kappa shape index (κ3) is 1.84. The largest absolute Gasteiger partial charge is 0.508 e. The first-order valence-corrected chi connectivity index (χ1v) is 4.79. The summed E-state index contributed by atoms with van der Waals surface area (Å²) in [5, 5.41) is 19.1. The molecular weight excluding hydrogens is 204 g/mol. The predicted molar refractivity (Wildman–Crippen MR) is 61.7 cm³/mol. The van der Waals surface area contributed by atoms with E-state index in [-0.39, 0.29) is 29.4 Å². The molecule has 3 heteroatoms. The maximum Gasteiger partial charge on any atom is 0.310 e. The molecule has 82 valence electrons. The van der Waals surface area contributed by atoms with E-state index in [0.29, 0.717) is 10.8 Å². The first-order chi connectivity index (χ1) is 8.82. The number of fused-ring (bicyclic) bond motifs is 1. The molecule has 0 fully saturated rings. The molecule has 2 rings (SSSR count). The van der Waals surface area contributed by atoms with E-state index in [9.17, 15) is 9.90 Å². The highest BCUT2D eigenvalue weighted by atomic mass is 16.4. The number of carboxylic acid groups (broad SMARTS) is 1. The van der Waals surface area contributed by atoms with E-state index < -0.39 is 11.9 Å². The molecule has 0 aliphatic rings. The molecule has 0 saturated carbocycles. The molecule has 2 aromatic rings. The number of phenolic OH excluding ortho intramolecular Hbond substituents is 1. The van der Waals surface area contributed by atoms with E-state index in [1.807, 2.05) is 0 Å². The molecule has 1 atom stereocenters. The zero-order valence-corrected chi connectivity index (χ0v) is 8.61. The lowest BCUT2D eigenvalue weighted by molar-refractivity contribution is -0.138. The van der Waals surface area contributed by atoms with Crippen molar-refractivity contribution in [3.8, 4) is 5.75 Å². The van der Waals surface area contributed by atoms with Gasteiger partial charge >= 0.3 is 5.97 Å². The molecule has 0 amide bonds. The summed E-state index contributed by atoms with van der Waals surface area (Å²) >= 11 is 0. The standard InChI is InChI=1S/C13H12O3/c1-8(13(15)16)9-2-3-11-7-12(14)5-4-10(11)6-9/h2-8,14H,1H3,(H,15,16)/t8-/m0/s1/i3D,5D,6D. The summed E-state index contributed by atoms with van der Waals surface area (Å²) in [7, 11) is 0. The average molecular weight is 219 g/mol. The van der Waals surface area contributed by atoms with Crippen LogP contribution in [0.3, 0.4) is 0 Å². The Morgan fingerprint density at radius 2 is 2.12 bits per heavy atom. The van der Waals surface area contributed by atoms with Crippen molar-refractivity contribution in [1.82, 2.24) is 0 Å². The number of aliphatic carboxylic acids is 1. The van der Waals surface area contributed by atoms with E-state index in [2.05, 4.69) is 0 Å². The van der Waals surface area contributed by atoms with Gasteiger partial charge in [0.05, 0.1) is 10.0 Å². The molecule has 0 heterocycles. The summed E-state index contributed by atoms with van der Waals surface area (Å²) in [5.74, 6) is -2.24. The van der Waals surface area contributed by atoms with Gasteiger partial charge in [-0.15, -0.1) is 0 Å². The van der Waals surface area contributed by atoms with Gasteiger partial charge in [0.15, 0.2) is 0 Å². The zero-order chi connectivity index (χ0) is 14.3. The lowest BCUT2D eigenvalue weighted by atomic mass is 9.98. The highest BCUT2D eigenvalue weighted by Crippen LogP contribution is 2.24. The Kier molecular flexibility index (Phi) is 1.75. The maximum absolute atomic E-state index is 11.0. The number of hydrogen-bond acceptors (Lipinski definition) is 2. The molecule has 16 heavy (non-hydrogen) atoms. The fraction of sp³-hybridized carbons (Fsp3) is 0.154. The Labute approximate surface area is 97.2 Å². The molecule has 0 saturated heterocycles. The molecule has 0 unspecified atom stereocenters. The van der Waals surface area contributed by atoms with Crippen molar-refractivity contribution < 1.29 is 19.1 Å². The Balaban J connectivity index is 2.81. The second-order valence-corrected chi connectivity index (χ2v) is 3.57. The summed E-state index contributed by atoms with van der Waals surface area (Å²) in [6.45, 7) is 1.45. The fourth-order valence-electron chi connectivity index (χ4n) is 1.42. The van der Waals surface area contributed by atoms with Crippen molar-refractivity contribution in [1.29, 1.82) is 0 Å². The quantitative estimate of drug-likeness (QED) is 0.816. The first kappa shape index (κ1) is 7.28. The number of carbonyl (C=O) groups is 1. The normalized spacial score (nSPS) is 15.2. The van der Waals surface area contributed by atoms with Crippen LogP contribution in [0.25, 0.3) is 10.8 Å². The minimum absolute atomic E-state index is 0.0191. The van der Waals surface area contributed by atoms with Crippen LogP contribution in [0.15, 0.2) is 36.3 Å². The highest BCUT2D eigenvalue weighted by molar-refractivity contribution is 5.86. The van der Waals surface area contributed by atoms with E-state index in [1.165, 1.54) is 25.1 Å². The van der Waals surface area contributed by atoms with Gasteiger partial charge in [-0.3, -0.25) is 4.79 Å². The van der Waals surface area contributed by atoms with Crippen LogP contribution in [-0.2, 0) is 4.79 Å². The first-order valence-electron chi connectivity index (χ1n) is 6.29. The van der Waals surface area contributed by atoms with Crippen molar-refractivity contribution in [3.63, 3.8) is 0 Å². The van der Waals surface area contributed by atoms with Crippen LogP contribution in [0.1, 0.15) is 22.5 Å². The van der Waals surface area contributed by atoms with Gasteiger partial charge in [-0.1, -0.05) is 24.2 Å². The summed E-state index contributed by atoms with van der Waals surface area (Å²) < 4.78 is 23.4. The van der Waals surface area contributed by atoms with Crippen LogP contribution < -0.4 is 0 Å². The number of hydrogen-bond donors (Lipinski definition) is 2. The Bertz CT molecular complexity index is 683. The fourth-order valence-corrected chi connectivity index (χ4v) is 1.42. The van der Waals surface area contributed by atoms with Gasteiger partial charge in [-0.05, 0) is 35.4 Å². The number of aromatic hydroxyl groups is 1. The molecule has 0 aromatic heterocycles. The van der Waals surface area contributed by atoms with Crippen molar-refractivity contribution in [3.05, 3.63) is 41.9 Å². The van der Waals surface area contributed by atoms with Gasteiger partial charge in [-0.2, -0.15) is 0 Å². The van der Waals surface area contributed by atoms with Crippen LogP contribution >= 0.6 is 0 Å². The number of carboxylic acids is 1. The third-order valence-corrected chi connectivity index (χ3v) is 2.43. The van der Waals surface area contributed by atoms with Crippen LogP contribution in [0.5, 0.6) is 5.75 Å². The lowest BCUT2D eigenvalue weighted by Crippen LogP contribution is -2.06. The Morgan fingerprint density at radius 1 is 1.38 bits per heavy atom. The second kappa shape index (κ2) is 3.85. The molecule has 0 bridgehead atoms. The topological polar surface area (TPSA) is 57.5 Å². The summed E-state index contributed by atoms with van der Waals surface area (Å²) in [6, 6.07) is 3.72. The molecule has 3 nitrogen and oxygen atoms in total. The van der Waals surface area contributed by atoms with Crippen LogP contribution in [0.4, 0.5) is 0 Å². The zero-order valence-electron chi connectivity index (χ0n) is 11.6. The maximum atomic E-state index is 11.0. The smallest absolute Gasteiger partial charge is 0.310 e. The number of benzene rings is 2. The predicted octanol–water partition coefficient (Wildman–Crippen LogP) is 2.73. The van der Waals surface area contributed by atoms with Gasteiger partial charge in [0.25, 0.3) is 0 Å². The van der Waals surface area contributed by atoms with E-state index in [4.69, 9.17) is 9.22 Å². The SMILES string of the molecule is [2H]c1cc2c([2H])c([C@H](C)C(=O)O)cc([2H])c2cc1O. The van der Waals surface area contributed by atoms with Gasteiger partial charge in [0.1, 0.15) is 5.75 Å². The van der Waals surface area contributed by atoms with Crippen molar-refractivity contribution in [2.45, 2.75) is 12.8 Å². The molecule has 0 aliphatic carbocycles. The van der Waals surface area contributed by atoms with Gasteiger partial charge < -0.3 is 10.2 Å². The van der Waals surface area contributed by atoms with Crippen LogP contribution in [0, 0.1) is 0 Å². The average Bonchev–Trinajstić information content (AvgIpc) is 2.35. The van der Waals surface area contributed by atoms with E-state index >= 15 is 0 Å². The summed E-state index contributed by atoms with van der Waals surface area (Å²) in [5.41, 5.74) is 0.232. The van der Waals surface area contributed by atoms with Crippen molar-refractivity contribution in [2.24, 2.45) is 0 Å². The highest BCUT2D eigenvalue weighted by Gasteiger charge is 2.13. The van der Waals surface area contributed by atoms with Crippen molar-refractivity contribution >= 4 is 16.7 Å². The molecule has 0 radical (unpaired) electrons. The molecule has 2 aromatic carbocycles. The van der Waals surface area contributed by atoms with Crippen molar-refractivity contribution in [2.75, 3.05) is 0 Å². The minimum Gasteiger partial charge on any atom is -0.508 e. The Morgan fingerprint density at radius 3 is 2.81 bits per heavy atom. The van der Waals surface area contributed by atoms with Crippen LogP contribution in [0.2, 0.25) is 0 Å². The molecule has 0 spiro atoms. The second-order valence-electron chi connectivity index (χ2n) is 3.57. The molecule has 0 aliphatic heterocycles. The molecular formula is C13H12O3. The van der Waals surface area contributed by atoms with E-state index in [0.717, 1.165) is 0 Å². The van der Waals surface area contributed by atoms with Crippen LogP contribution in [-0.4, -0.2) is 16.2 Å². The van der Waals surface area contributed by atoms with Gasteiger partial charge in [-0.25, -0.2) is 0 Å². The number of rotatable bonds is 2. The molecule has 2 N–H and O–H groups in total. The monoisotopic (exact) mass is 219 g/mol. The summed E-state index contributed by atoms with van der Waals surface area (Å²) in [6.07, 6.45) is 0. The van der Waals surface area contributed by atoms with E-state index in [1.54, 1.807) is 0 Å². The van der Waals surface area contributed by atoms with Gasteiger partial charge in [0, 0.05) is 0 Å². The third-order valence-electron chi connectivity index (χ3n) is 2.43. The summed E-state index contributed by atoms with van der Waals surface area (Å²) in [4.78, 5) is 11.0. The lowest BCUT2D eigenvalue weighted by Gasteiger charge is -2.08. The minimum atomic E-state index is -1.07. The van der Waals surface area contributed by atoms with Gasteiger partial charge in [0.2, 0.25) is 0 Å². The number of phenols is 1. The Hall–Kier alpha value is -2.03.